The number of halogens is 3. The Morgan fingerprint density at radius 1 is 1.24 bits per heavy atom. The molecule has 3 N–H and O–H groups in total. The first-order chi connectivity index (χ1) is 18.0. The molecule has 2 aromatic rings. The summed E-state index contributed by atoms with van der Waals surface area (Å²) in [5.74, 6) is -2.18. The van der Waals surface area contributed by atoms with Gasteiger partial charge in [-0.05, 0) is 38.2 Å². The second-order valence-electron chi connectivity index (χ2n) is 9.42. The third-order valence-electron chi connectivity index (χ3n) is 6.90. The van der Waals surface area contributed by atoms with Crippen LogP contribution in [0.25, 0.3) is 11.4 Å². The van der Waals surface area contributed by atoms with Crippen molar-refractivity contribution < 1.29 is 42.3 Å². The number of piperidine rings is 1. The molecule has 38 heavy (non-hydrogen) atoms. The van der Waals surface area contributed by atoms with E-state index in [4.69, 9.17) is 14.4 Å². The number of nitrogens with zero attached hydrogens (tertiary/aromatic N) is 5. The lowest BCUT2D eigenvalue weighted by Crippen LogP contribution is -2.53. The zero-order valence-corrected chi connectivity index (χ0v) is 20.4. The van der Waals surface area contributed by atoms with Crippen LogP contribution in [-0.2, 0) is 9.59 Å². The van der Waals surface area contributed by atoms with E-state index in [1.165, 1.54) is 6.33 Å². The molecule has 3 aliphatic heterocycles. The normalized spacial score (nSPS) is 25.0. The number of β-amino-alcohol motifs (C(OH)–C–C–N with tert-alkyl or cyclic N) is 1. The lowest BCUT2D eigenvalue weighted by molar-refractivity contribution is -0.192. The van der Waals surface area contributed by atoms with Gasteiger partial charge in [-0.2, -0.15) is 13.2 Å². The largest absolute Gasteiger partial charge is 0.490 e. The summed E-state index contributed by atoms with van der Waals surface area (Å²) in [6.07, 6.45) is -0.202. The van der Waals surface area contributed by atoms with Crippen LogP contribution in [-0.4, -0.2) is 103 Å². The lowest BCUT2D eigenvalue weighted by Gasteiger charge is -2.38. The highest BCUT2D eigenvalue weighted by molar-refractivity contribution is 6.00. The highest BCUT2D eigenvalue weighted by Gasteiger charge is 2.45. The Morgan fingerprint density at radius 2 is 1.97 bits per heavy atom. The maximum absolute atomic E-state index is 13.5. The maximum atomic E-state index is 13.5. The van der Waals surface area contributed by atoms with E-state index in [0.29, 0.717) is 55.3 Å². The van der Waals surface area contributed by atoms with Crippen LogP contribution < -0.4 is 5.32 Å². The van der Waals surface area contributed by atoms with Crippen LogP contribution in [0.5, 0.6) is 0 Å². The van der Waals surface area contributed by atoms with Crippen molar-refractivity contribution in [3.05, 3.63) is 29.9 Å². The number of aliphatic carboxylic acids is 1. The van der Waals surface area contributed by atoms with Gasteiger partial charge in [0.1, 0.15) is 23.3 Å². The lowest BCUT2D eigenvalue weighted by atomic mass is 9.91. The molecule has 3 aliphatic rings. The standard InChI is InChI=1S/C21H26N6O4.C2HF3O2/c1-12-18(19(25-31-12)15-4-5-22-11-24-15)21(30)26-9-13-3-2-6-27(17(13)10-26)20(29)16-7-14(28)8-23-16;3-2(4,5)1(6)7/h4-5,11,13-14,16-17,23,28H,2-3,6-10H2,1H3;(H,6,7)/t13-,14+,16-,17+;/m1./s1. The van der Waals surface area contributed by atoms with Crippen molar-refractivity contribution in [1.82, 2.24) is 30.2 Å². The Hall–Kier alpha value is -3.59. The van der Waals surface area contributed by atoms with Crippen molar-refractivity contribution in [2.24, 2.45) is 5.92 Å². The van der Waals surface area contributed by atoms with Gasteiger partial charge in [-0.15, -0.1) is 0 Å². The van der Waals surface area contributed by atoms with Crippen molar-refractivity contribution in [2.45, 2.75) is 50.6 Å². The van der Waals surface area contributed by atoms with Gasteiger partial charge in [0.2, 0.25) is 5.91 Å². The number of aliphatic hydroxyl groups is 1. The fraction of sp³-hybridized carbons (Fsp3) is 0.565. The van der Waals surface area contributed by atoms with E-state index >= 15 is 0 Å². The number of alkyl halides is 3. The minimum Gasteiger partial charge on any atom is -0.475 e. The molecule has 2 amide bonds. The van der Waals surface area contributed by atoms with Gasteiger partial charge < -0.3 is 29.9 Å². The Kier molecular flexibility index (Phi) is 7.97. The number of carbonyl (C=O) groups excluding carboxylic acids is 2. The summed E-state index contributed by atoms with van der Waals surface area (Å²) >= 11 is 0. The molecule has 2 aromatic heterocycles. The summed E-state index contributed by atoms with van der Waals surface area (Å²) in [4.78, 5) is 47.3. The third kappa shape index (κ3) is 5.78. The third-order valence-corrected chi connectivity index (χ3v) is 6.90. The molecule has 0 bridgehead atoms. The van der Waals surface area contributed by atoms with E-state index in [0.717, 1.165) is 12.8 Å². The second-order valence-corrected chi connectivity index (χ2v) is 9.42. The van der Waals surface area contributed by atoms with Gasteiger partial charge in [0, 0.05) is 32.4 Å². The summed E-state index contributed by atoms with van der Waals surface area (Å²) in [5, 5.41) is 24.1. The fourth-order valence-corrected chi connectivity index (χ4v) is 5.11. The van der Waals surface area contributed by atoms with Crippen molar-refractivity contribution in [3.8, 4) is 11.4 Å². The van der Waals surface area contributed by atoms with Gasteiger partial charge in [-0.25, -0.2) is 14.8 Å². The van der Waals surface area contributed by atoms with E-state index in [-0.39, 0.29) is 29.8 Å². The number of hydrogen-bond acceptors (Lipinski definition) is 9. The Balaban J connectivity index is 0.000000426. The van der Waals surface area contributed by atoms with Crippen molar-refractivity contribution >= 4 is 17.8 Å². The van der Waals surface area contributed by atoms with Crippen molar-refractivity contribution in [3.63, 3.8) is 0 Å². The molecule has 5 rings (SSSR count). The number of aromatic nitrogens is 3. The number of carbonyl (C=O) groups is 3. The predicted octanol–water partition coefficient (Wildman–Crippen LogP) is 0.859. The number of hydrogen-bond donors (Lipinski definition) is 3. The number of carboxylic acids is 1. The molecule has 5 heterocycles. The fourth-order valence-electron chi connectivity index (χ4n) is 5.11. The number of likely N-dealkylation sites (tertiary alicyclic amines) is 2. The van der Waals surface area contributed by atoms with Crippen LogP contribution in [0.4, 0.5) is 13.2 Å². The van der Waals surface area contributed by atoms with Crippen LogP contribution in [0, 0.1) is 12.8 Å². The topological polar surface area (TPSA) is 162 Å². The van der Waals surface area contributed by atoms with Gasteiger partial charge >= 0.3 is 12.1 Å². The zero-order valence-electron chi connectivity index (χ0n) is 20.4. The van der Waals surface area contributed by atoms with E-state index in [2.05, 4.69) is 20.4 Å². The summed E-state index contributed by atoms with van der Waals surface area (Å²) in [5.41, 5.74) is 1.36. The first kappa shape index (κ1) is 27.4. The number of carboxylic acid groups (broad SMARTS) is 1. The van der Waals surface area contributed by atoms with Crippen molar-refractivity contribution in [2.75, 3.05) is 26.2 Å². The van der Waals surface area contributed by atoms with Gasteiger partial charge in [0.15, 0.2) is 0 Å². The van der Waals surface area contributed by atoms with E-state index in [1.54, 1.807) is 19.2 Å². The minimum atomic E-state index is -5.08. The molecule has 0 aliphatic carbocycles. The highest BCUT2D eigenvalue weighted by atomic mass is 19.4. The molecule has 3 saturated heterocycles. The monoisotopic (exact) mass is 540 g/mol. The van der Waals surface area contributed by atoms with E-state index in [1.807, 2.05) is 9.80 Å². The highest BCUT2D eigenvalue weighted by Crippen LogP contribution is 2.34. The quantitative estimate of drug-likeness (QED) is 0.509. The number of aliphatic hydroxyl groups excluding tert-OH is 1. The average Bonchev–Trinajstić information content (AvgIpc) is 3.61. The molecule has 0 radical (unpaired) electrons. The number of rotatable bonds is 3. The van der Waals surface area contributed by atoms with Gasteiger partial charge in [-0.1, -0.05) is 5.16 Å². The molecule has 0 saturated carbocycles. The molecule has 3 fully saturated rings. The number of aryl methyl sites for hydroxylation is 1. The predicted molar refractivity (Wildman–Crippen MR) is 122 cm³/mol. The van der Waals surface area contributed by atoms with Gasteiger partial charge in [0.25, 0.3) is 5.91 Å². The average molecular weight is 540 g/mol. The smallest absolute Gasteiger partial charge is 0.475 e. The molecule has 15 heteroatoms. The van der Waals surface area contributed by atoms with Crippen LogP contribution in [0.15, 0.2) is 23.1 Å². The van der Waals surface area contributed by atoms with Crippen LogP contribution in [0.3, 0.4) is 0 Å². The van der Waals surface area contributed by atoms with Gasteiger partial charge in [-0.3, -0.25) is 9.59 Å². The van der Waals surface area contributed by atoms with Gasteiger partial charge in [0.05, 0.1) is 23.9 Å². The molecular weight excluding hydrogens is 513 g/mol. The molecule has 0 spiro atoms. The van der Waals surface area contributed by atoms with E-state index in [9.17, 15) is 27.9 Å². The number of nitrogens with one attached hydrogen (secondary N) is 1. The Bertz CT molecular complexity index is 1180. The number of amides is 2. The van der Waals surface area contributed by atoms with Crippen LogP contribution in [0.2, 0.25) is 0 Å². The molecule has 4 atom stereocenters. The Morgan fingerprint density at radius 3 is 2.58 bits per heavy atom. The molecule has 0 unspecified atom stereocenters. The molecule has 0 aromatic carbocycles. The summed E-state index contributed by atoms with van der Waals surface area (Å²) in [7, 11) is 0. The SMILES string of the molecule is Cc1onc(-c2ccncn2)c1C(=O)N1C[C@H]2CCCN(C(=O)[C@H]3C[C@H](O)CN3)[C@H]2C1.O=C(O)C(F)(F)F. The van der Waals surface area contributed by atoms with Crippen molar-refractivity contribution in [1.29, 1.82) is 0 Å². The van der Waals surface area contributed by atoms with E-state index < -0.39 is 18.2 Å². The maximum Gasteiger partial charge on any atom is 0.490 e. The van der Waals surface area contributed by atoms with Crippen LogP contribution in [0.1, 0.15) is 35.4 Å². The zero-order chi connectivity index (χ0) is 27.6. The minimum absolute atomic E-state index is 0.00703. The summed E-state index contributed by atoms with van der Waals surface area (Å²) in [6.45, 7) is 3.94. The molecule has 206 valence electrons. The molecular formula is C23H27F3N6O6. The summed E-state index contributed by atoms with van der Waals surface area (Å²) < 4.78 is 37.1. The summed E-state index contributed by atoms with van der Waals surface area (Å²) in [6, 6.07) is 1.34. The number of fused-ring (bicyclic) bond motifs is 1. The first-order valence-electron chi connectivity index (χ1n) is 12.0. The molecule has 12 nitrogen and oxygen atoms in total. The first-order valence-corrected chi connectivity index (χ1v) is 12.0. The van der Waals surface area contributed by atoms with Crippen LogP contribution >= 0.6 is 0 Å². The Labute approximate surface area is 214 Å². The second kappa shape index (κ2) is 11.0.